The van der Waals surface area contributed by atoms with Gasteiger partial charge < -0.3 is 51.5 Å². The van der Waals surface area contributed by atoms with E-state index < -0.39 is 77.3 Å². The van der Waals surface area contributed by atoms with Crippen LogP contribution in [0, 0.1) is 0 Å². The Morgan fingerprint density at radius 3 is 2.12 bits per heavy atom. The Morgan fingerprint density at radius 1 is 0.692 bits per heavy atom. The van der Waals surface area contributed by atoms with Gasteiger partial charge in [-0.25, -0.2) is 0 Å². The number of hydrogen-bond acceptors (Lipinski definition) is 8. The molecule has 1 spiro atoms. The zero-order valence-corrected chi connectivity index (χ0v) is 36.7. The number of fused-ring (bicyclic) bond motifs is 4. The van der Waals surface area contributed by atoms with Gasteiger partial charge in [0.2, 0.25) is 35.4 Å². The van der Waals surface area contributed by atoms with Crippen LogP contribution in [-0.2, 0) is 41.6 Å². The van der Waals surface area contributed by atoms with Crippen LogP contribution >= 0.6 is 11.6 Å². The van der Waals surface area contributed by atoms with Crippen LogP contribution in [0.4, 0.5) is 0 Å². The van der Waals surface area contributed by atoms with E-state index in [1.807, 2.05) is 48.5 Å². The van der Waals surface area contributed by atoms with Crippen LogP contribution in [0.3, 0.4) is 0 Å². The first kappa shape index (κ1) is 43.8. The Kier molecular flexibility index (Phi) is 12.6. The minimum absolute atomic E-state index is 0.0283. The highest BCUT2D eigenvalue weighted by Gasteiger charge is 2.49. The number of amides is 6. The fourth-order valence-corrected chi connectivity index (χ4v) is 10.4. The van der Waals surface area contributed by atoms with Crippen LogP contribution in [0.1, 0.15) is 62.5 Å². The van der Waals surface area contributed by atoms with Crippen LogP contribution in [0.25, 0.3) is 21.8 Å². The van der Waals surface area contributed by atoms with Gasteiger partial charge in [-0.1, -0.05) is 66.9 Å². The number of halogens is 1. The van der Waals surface area contributed by atoms with Crippen molar-refractivity contribution in [3.05, 3.63) is 101 Å². The maximum absolute atomic E-state index is 14.9. The molecule has 6 amide bonds. The first-order valence-corrected chi connectivity index (χ1v) is 22.9. The quantitative estimate of drug-likeness (QED) is 0.122. The van der Waals surface area contributed by atoms with E-state index in [0.29, 0.717) is 36.5 Å². The molecule has 4 fully saturated rings. The number of para-hydroxylation sites is 2. The Bertz CT molecular complexity index is 2610. The number of hydrogen-bond donors (Lipinski definition) is 7. The van der Waals surface area contributed by atoms with Gasteiger partial charge >= 0.3 is 0 Å². The van der Waals surface area contributed by atoms with Crippen molar-refractivity contribution in [1.29, 1.82) is 0 Å². The molecular weight excluding hydrogens is 850 g/mol. The van der Waals surface area contributed by atoms with E-state index in [4.69, 9.17) is 22.1 Å². The van der Waals surface area contributed by atoms with Crippen molar-refractivity contribution in [3.63, 3.8) is 0 Å². The molecule has 3 aromatic carbocycles. The van der Waals surface area contributed by atoms with E-state index in [1.54, 1.807) is 36.7 Å². The van der Waals surface area contributed by atoms with Crippen molar-refractivity contribution >= 4 is 68.8 Å². The fraction of sp³-hybridized carbons (Fsp3) is 0.417. The summed E-state index contributed by atoms with van der Waals surface area (Å²) < 4.78 is 6.33. The summed E-state index contributed by atoms with van der Waals surface area (Å²) in [4.78, 5) is 98.1. The molecule has 9 rings (SSSR count). The third-order valence-corrected chi connectivity index (χ3v) is 13.8. The van der Waals surface area contributed by atoms with E-state index in [2.05, 4.69) is 31.2 Å². The SMILES string of the molecule is NCC[C@@H]1NC(=O)[C@H](Cc2c[nH]c3ccccc23)NC(=O)C2(CCCC2)NC(=O)[C@H](Cc2c[nH]c3cc(Cl)ccc23)NC(=O)[C@H]2C[C@H](Oc3ccccc3)CN2C(=O)[C@H]2CCCN2C1=O. The zero-order valence-electron chi connectivity index (χ0n) is 35.9. The first-order valence-electron chi connectivity index (χ1n) is 22.6. The van der Waals surface area contributed by atoms with E-state index >= 15 is 0 Å². The highest BCUT2D eigenvalue weighted by molar-refractivity contribution is 6.31. The third-order valence-electron chi connectivity index (χ3n) is 13.5. The predicted molar refractivity (Wildman–Crippen MR) is 244 cm³/mol. The van der Waals surface area contributed by atoms with Gasteiger partial charge in [-0.15, -0.1) is 0 Å². The van der Waals surface area contributed by atoms with Gasteiger partial charge in [0.05, 0.1) is 6.54 Å². The number of ether oxygens (including phenoxy) is 1. The number of benzene rings is 3. The molecule has 0 unspecified atom stereocenters. The molecule has 1 aliphatic carbocycles. The number of rotatable bonds is 8. The standard InChI is InChI=1S/C48H54ClN9O7/c49-30-14-15-34-29(26-52-37(34)23-30)22-39-43(60)56-48(17-6-7-18-48)47(64)55-38(21-28-25-51-35-12-5-4-11-33(28)35)42(59)53-36(16-19-50)45(62)57-20-8-13-40(57)46(63)58-27-32(24-41(58)44(61)54-39)65-31-9-2-1-3-10-31/h1-5,9-12,14-15,23,25-26,32,36,38-41,51-52H,6-8,13,16-22,24,27,50H2,(H,53,59)(H,54,61)(H,55,64)(H,56,60)/t32-,36-,38-,39-,40+,41+/m0/s1. The lowest BCUT2D eigenvalue weighted by Gasteiger charge is -2.35. The summed E-state index contributed by atoms with van der Waals surface area (Å²) in [6.07, 6.45) is 5.90. The van der Waals surface area contributed by atoms with Gasteiger partial charge in [0, 0.05) is 65.0 Å². The summed E-state index contributed by atoms with van der Waals surface area (Å²) in [6, 6.07) is 16.6. The largest absolute Gasteiger partial charge is 0.488 e. The minimum atomic E-state index is -1.43. The highest BCUT2D eigenvalue weighted by atomic mass is 35.5. The average molecular weight is 904 g/mol. The van der Waals surface area contributed by atoms with Crippen molar-refractivity contribution in [1.82, 2.24) is 41.0 Å². The molecule has 3 saturated heterocycles. The number of aromatic amines is 2. The highest BCUT2D eigenvalue weighted by Crippen LogP contribution is 2.33. The second-order valence-corrected chi connectivity index (χ2v) is 18.2. The maximum atomic E-state index is 14.9. The summed E-state index contributed by atoms with van der Waals surface area (Å²) in [6.45, 7) is 0.348. The van der Waals surface area contributed by atoms with E-state index in [-0.39, 0.29) is 58.2 Å². The monoisotopic (exact) mass is 903 g/mol. The van der Waals surface area contributed by atoms with Crippen molar-refractivity contribution in [3.8, 4) is 5.75 Å². The van der Waals surface area contributed by atoms with Crippen molar-refractivity contribution in [2.75, 3.05) is 19.6 Å². The number of H-pyrrole nitrogens is 2. The van der Waals surface area contributed by atoms with Gasteiger partial charge in [-0.05, 0) is 80.1 Å². The average Bonchev–Trinajstić information content (AvgIpc) is 4.17. The van der Waals surface area contributed by atoms with Crippen LogP contribution in [-0.4, -0.2) is 117 Å². The lowest BCUT2D eigenvalue weighted by molar-refractivity contribution is -0.148. The summed E-state index contributed by atoms with van der Waals surface area (Å²) >= 11 is 6.31. The molecule has 0 radical (unpaired) electrons. The predicted octanol–water partition coefficient (Wildman–Crippen LogP) is 3.37. The van der Waals surface area contributed by atoms with Gasteiger partial charge in [-0.2, -0.15) is 0 Å². The second-order valence-electron chi connectivity index (χ2n) is 17.8. The minimum Gasteiger partial charge on any atom is -0.488 e. The number of nitrogens with one attached hydrogen (secondary N) is 6. The second kappa shape index (κ2) is 18.6. The molecule has 3 aliphatic heterocycles. The molecular formula is C48H54ClN9O7. The number of aromatic nitrogens is 2. The summed E-state index contributed by atoms with van der Waals surface area (Å²) in [7, 11) is 0. The Hall–Kier alpha value is -6.39. The normalized spacial score (nSPS) is 25.5. The molecule has 5 heterocycles. The lowest BCUT2D eigenvalue weighted by atomic mass is 9.93. The number of nitrogens with zero attached hydrogens (tertiary/aromatic N) is 2. The van der Waals surface area contributed by atoms with E-state index in [9.17, 15) is 28.8 Å². The van der Waals surface area contributed by atoms with Crippen molar-refractivity contribution in [2.24, 2.45) is 5.73 Å². The zero-order chi connectivity index (χ0) is 45.2. The number of carbonyl (C=O) groups is 6. The van der Waals surface area contributed by atoms with E-state index in [1.165, 1.54) is 9.80 Å². The molecule has 5 aromatic rings. The number of nitrogens with two attached hydrogens (primary N) is 1. The molecule has 8 N–H and O–H groups in total. The molecule has 65 heavy (non-hydrogen) atoms. The van der Waals surface area contributed by atoms with Crippen LogP contribution in [0.2, 0.25) is 5.02 Å². The van der Waals surface area contributed by atoms with Gasteiger partial charge in [0.25, 0.3) is 0 Å². The summed E-state index contributed by atoms with van der Waals surface area (Å²) in [5.41, 5.74) is 7.69. The smallest absolute Gasteiger partial charge is 0.246 e. The first-order chi connectivity index (χ1) is 31.5. The molecule has 0 bridgehead atoms. The molecule has 340 valence electrons. The molecule has 2 aromatic heterocycles. The Balaban J connectivity index is 1.11. The van der Waals surface area contributed by atoms with Gasteiger partial charge in [0.15, 0.2) is 0 Å². The summed E-state index contributed by atoms with van der Waals surface area (Å²) in [5.74, 6) is -2.67. The molecule has 6 atom stereocenters. The van der Waals surface area contributed by atoms with Crippen LogP contribution in [0.15, 0.2) is 85.2 Å². The van der Waals surface area contributed by atoms with Crippen molar-refractivity contribution in [2.45, 2.75) is 106 Å². The molecule has 4 aliphatic rings. The van der Waals surface area contributed by atoms with Crippen molar-refractivity contribution < 1.29 is 33.5 Å². The Morgan fingerprint density at radius 2 is 1.37 bits per heavy atom. The summed E-state index contributed by atoms with van der Waals surface area (Å²) in [5, 5.41) is 14.2. The van der Waals surface area contributed by atoms with Crippen LogP contribution < -0.4 is 31.7 Å². The Labute approximate surface area is 380 Å². The molecule has 16 nitrogen and oxygen atoms in total. The maximum Gasteiger partial charge on any atom is 0.246 e. The molecule has 17 heteroatoms. The van der Waals surface area contributed by atoms with Crippen LogP contribution in [0.5, 0.6) is 5.75 Å². The molecule has 1 saturated carbocycles. The van der Waals surface area contributed by atoms with Gasteiger partial charge in [-0.3, -0.25) is 28.8 Å². The lowest BCUT2D eigenvalue weighted by Crippen LogP contribution is -2.65. The van der Waals surface area contributed by atoms with Gasteiger partial charge in [0.1, 0.15) is 47.6 Å². The fourth-order valence-electron chi connectivity index (χ4n) is 10.2. The topological polar surface area (TPSA) is 224 Å². The third kappa shape index (κ3) is 9.01. The number of carbonyl (C=O) groups excluding carboxylic acids is 6. The van der Waals surface area contributed by atoms with E-state index in [0.717, 1.165) is 32.9 Å².